The number of rotatable bonds is 4. The number of amides is 1. The number of ether oxygens (including phenoxy) is 1. The SMILES string of the molecule is CNC(=O)c1ccn(COc2ccc(Cl)cc2Br)n1. The maximum absolute atomic E-state index is 11.3. The van der Waals surface area contributed by atoms with Crippen molar-refractivity contribution in [3.05, 3.63) is 45.7 Å². The molecule has 1 aromatic heterocycles. The maximum Gasteiger partial charge on any atom is 0.271 e. The van der Waals surface area contributed by atoms with Gasteiger partial charge in [-0.15, -0.1) is 0 Å². The molecule has 0 saturated heterocycles. The number of hydrogen-bond donors (Lipinski definition) is 1. The lowest BCUT2D eigenvalue weighted by atomic mass is 10.3. The fourth-order valence-electron chi connectivity index (χ4n) is 1.41. The topological polar surface area (TPSA) is 56.2 Å². The summed E-state index contributed by atoms with van der Waals surface area (Å²) < 4.78 is 7.86. The van der Waals surface area contributed by atoms with Crippen molar-refractivity contribution in [3.63, 3.8) is 0 Å². The molecule has 0 fully saturated rings. The predicted octanol–water partition coefficient (Wildman–Crippen LogP) is 2.70. The van der Waals surface area contributed by atoms with Crippen LogP contribution in [0, 0.1) is 0 Å². The summed E-state index contributed by atoms with van der Waals surface area (Å²) in [4.78, 5) is 11.3. The van der Waals surface area contributed by atoms with Crippen molar-refractivity contribution in [2.75, 3.05) is 7.05 Å². The van der Waals surface area contributed by atoms with E-state index in [0.717, 1.165) is 4.47 Å². The predicted molar refractivity (Wildman–Crippen MR) is 75.4 cm³/mol. The summed E-state index contributed by atoms with van der Waals surface area (Å²) in [5, 5.41) is 7.21. The van der Waals surface area contributed by atoms with Crippen LogP contribution in [0.2, 0.25) is 5.02 Å². The third-order valence-corrected chi connectivity index (χ3v) is 3.20. The second-order valence-electron chi connectivity index (χ2n) is 3.67. The zero-order valence-electron chi connectivity index (χ0n) is 10.1. The zero-order chi connectivity index (χ0) is 13.8. The number of halogens is 2. The number of carbonyl (C=O) groups is 1. The van der Waals surface area contributed by atoms with Crippen LogP contribution in [0.3, 0.4) is 0 Å². The Morgan fingerprint density at radius 3 is 3.00 bits per heavy atom. The van der Waals surface area contributed by atoms with E-state index in [1.165, 1.54) is 4.68 Å². The number of nitrogens with zero attached hydrogens (tertiary/aromatic N) is 2. The molecule has 0 radical (unpaired) electrons. The molecule has 1 amide bonds. The number of hydrogen-bond acceptors (Lipinski definition) is 3. The standard InChI is InChI=1S/C12H11BrClN3O2/c1-15-12(18)10-4-5-17(16-10)7-19-11-3-2-8(14)6-9(11)13/h2-6H,7H2,1H3,(H,15,18). The number of carbonyl (C=O) groups excluding carboxylic acids is 1. The quantitative estimate of drug-likeness (QED) is 0.928. The van der Waals surface area contributed by atoms with Gasteiger partial charge in [0, 0.05) is 18.3 Å². The van der Waals surface area contributed by atoms with E-state index < -0.39 is 0 Å². The highest BCUT2D eigenvalue weighted by Crippen LogP contribution is 2.28. The highest BCUT2D eigenvalue weighted by Gasteiger charge is 2.07. The van der Waals surface area contributed by atoms with Crippen molar-refractivity contribution in [3.8, 4) is 5.75 Å². The van der Waals surface area contributed by atoms with Gasteiger partial charge in [-0.2, -0.15) is 5.10 Å². The lowest BCUT2D eigenvalue weighted by Gasteiger charge is -2.08. The highest BCUT2D eigenvalue weighted by atomic mass is 79.9. The Morgan fingerprint density at radius 1 is 1.53 bits per heavy atom. The fraction of sp³-hybridized carbons (Fsp3) is 0.167. The van der Waals surface area contributed by atoms with Crippen LogP contribution in [0.4, 0.5) is 0 Å². The Hall–Kier alpha value is -1.53. The van der Waals surface area contributed by atoms with Crippen LogP contribution < -0.4 is 10.1 Å². The third-order valence-electron chi connectivity index (χ3n) is 2.35. The molecule has 0 spiro atoms. The first-order valence-electron chi connectivity index (χ1n) is 5.43. The van der Waals surface area contributed by atoms with E-state index in [1.807, 2.05) is 0 Å². The van der Waals surface area contributed by atoms with E-state index in [-0.39, 0.29) is 12.6 Å². The Morgan fingerprint density at radius 2 is 2.32 bits per heavy atom. The van der Waals surface area contributed by atoms with Crippen molar-refractivity contribution in [1.29, 1.82) is 0 Å². The average molecular weight is 345 g/mol. The molecule has 0 aliphatic rings. The van der Waals surface area contributed by atoms with Gasteiger partial charge in [0.15, 0.2) is 6.73 Å². The van der Waals surface area contributed by atoms with Crippen LogP contribution in [-0.4, -0.2) is 22.7 Å². The Balaban J connectivity index is 2.02. The van der Waals surface area contributed by atoms with Crippen LogP contribution >= 0.6 is 27.5 Å². The van der Waals surface area contributed by atoms with Gasteiger partial charge in [0.1, 0.15) is 11.4 Å². The second kappa shape index (κ2) is 6.08. The minimum atomic E-state index is -0.230. The number of benzene rings is 1. The van der Waals surface area contributed by atoms with Gasteiger partial charge in [-0.05, 0) is 40.2 Å². The van der Waals surface area contributed by atoms with Crippen molar-refractivity contribution in [1.82, 2.24) is 15.1 Å². The minimum absolute atomic E-state index is 0.206. The van der Waals surface area contributed by atoms with Crippen LogP contribution in [0.15, 0.2) is 34.9 Å². The maximum atomic E-state index is 11.3. The molecular formula is C12H11BrClN3O2. The van der Waals surface area contributed by atoms with Gasteiger partial charge in [0.05, 0.1) is 4.47 Å². The van der Waals surface area contributed by atoms with Gasteiger partial charge in [0.2, 0.25) is 0 Å². The summed E-state index contributed by atoms with van der Waals surface area (Å²) in [6.07, 6.45) is 1.67. The second-order valence-corrected chi connectivity index (χ2v) is 4.96. The molecule has 100 valence electrons. The first-order valence-corrected chi connectivity index (χ1v) is 6.60. The summed E-state index contributed by atoms with van der Waals surface area (Å²) in [6.45, 7) is 0.206. The first kappa shape index (κ1) is 13.9. The molecule has 0 atom stereocenters. The van der Waals surface area contributed by atoms with Crippen molar-refractivity contribution in [2.45, 2.75) is 6.73 Å². The molecule has 0 bridgehead atoms. The fourth-order valence-corrected chi connectivity index (χ4v) is 2.21. The van der Waals surface area contributed by atoms with Gasteiger partial charge >= 0.3 is 0 Å². The van der Waals surface area contributed by atoms with Gasteiger partial charge in [0.25, 0.3) is 5.91 Å². The number of aromatic nitrogens is 2. The smallest absolute Gasteiger partial charge is 0.271 e. The van der Waals surface area contributed by atoms with E-state index in [2.05, 4.69) is 26.3 Å². The summed E-state index contributed by atoms with van der Waals surface area (Å²) >= 11 is 9.20. The Kier molecular flexibility index (Phi) is 4.44. The molecule has 0 saturated carbocycles. The molecule has 19 heavy (non-hydrogen) atoms. The van der Waals surface area contributed by atoms with Gasteiger partial charge < -0.3 is 10.1 Å². The van der Waals surface area contributed by atoms with Crippen molar-refractivity contribution >= 4 is 33.4 Å². The molecule has 0 aliphatic carbocycles. The number of nitrogens with one attached hydrogen (secondary N) is 1. The third kappa shape index (κ3) is 3.48. The summed E-state index contributed by atoms with van der Waals surface area (Å²) in [7, 11) is 1.56. The largest absolute Gasteiger partial charge is 0.470 e. The normalized spacial score (nSPS) is 10.3. The lowest BCUT2D eigenvalue weighted by molar-refractivity contribution is 0.0956. The molecule has 1 N–H and O–H groups in total. The van der Waals surface area contributed by atoms with Crippen LogP contribution in [0.25, 0.3) is 0 Å². The van der Waals surface area contributed by atoms with E-state index in [4.69, 9.17) is 16.3 Å². The average Bonchev–Trinajstić information content (AvgIpc) is 2.85. The minimum Gasteiger partial charge on any atom is -0.470 e. The molecular weight excluding hydrogens is 334 g/mol. The van der Waals surface area contributed by atoms with E-state index >= 15 is 0 Å². The summed E-state index contributed by atoms with van der Waals surface area (Å²) in [6, 6.07) is 6.87. The first-order chi connectivity index (χ1) is 9.10. The van der Waals surface area contributed by atoms with Crippen molar-refractivity contribution in [2.24, 2.45) is 0 Å². The van der Waals surface area contributed by atoms with Gasteiger partial charge in [-0.3, -0.25) is 4.79 Å². The molecule has 2 aromatic rings. The van der Waals surface area contributed by atoms with E-state index in [0.29, 0.717) is 16.5 Å². The lowest BCUT2D eigenvalue weighted by Crippen LogP contribution is -2.19. The van der Waals surface area contributed by atoms with Crippen LogP contribution in [0.5, 0.6) is 5.75 Å². The monoisotopic (exact) mass is 343 g/mol. The van der Waals surface area contributed by atoms with E-state index in [1.54, 1.807) is 37.5 Å². The molecule has 1 heterocycles. The zero-order valence-corrected chi connectivity index (χ0v) is 12.4. The van der Waals surface area contributed by atoms with Gasteiger partial charge in [-0.25, -0.2) is 4.68 Å². The molecule has 5 nitrogen and oxygen atoms in total. The highest BCUT2D eigenvalue weighted by molar-refractivity contribution is 9.10. The summed E-state index contributed by atoms with van der Waals surface area (Å²) in [5.41, 5.74) is 0.348. The molecule has 0 aliphatic heterocycles. The van der Waals surface area contributed by atoms with Crippen molar-refractivity contribution < 1.29 is 9.53 Å². The van der Waals surface area contributed by atoms with Crippen LogP contribution in [-0.2, 0) is 6.73 Å². The molecule has 0 unspecified atom stereocenters. The molecule has 1 aromatic carbocycles. The summed E-state index contributed by atoms with van der Waals surface area (Å²) in [5.74, 6) is 0.424. The van der Waals surface area contributed by atoms with Gasteiger partial charge in [-0.1, -0.05) is 11.6 Å². The van der Waals surface area contributed by atoms with Crippen LogP contribution in [0.1, 0.15) is 10.5 Å². The Labute approximate surface area is 123 Å². The van der Waals surface area contributed by atoms with E-state index in [9.17, 15) is 4.79 Å². The molecule has 7 heteroatoms. The Bertz CT molecular complexity index is 600. The molecule has 2 rings (SSSR count).